The second-order valence-corrected chi connectivity index (χ2v) is 2.88. The first kappa shape index (κ1) is 10.5. The highest BCUT2D eigenvalue weighted by Gasteiger charge is 1.89. The molecule has 0 spiro atoms. The Labute approximate surface area is 70.4 Å². The van der Waals surface area contributed by atoms with Gasteiger partial charge < -0.3 is 0 Å². The first-order valence-electron chi connectivity index (χ1n) is 4.58. The molecule has 1 nitrogen and oxygen atoms in total. The van der Waals surface area contributed by atoms with Crippen LogP contribution in [0.5, 0.6) is 0 Å². The first-order chi connectivity index (χ1) is 5.41. The Bertz CT molecular complexity index is 102. The third kappa shape index (κ3) is 9.49. The minimum Gasteiger partial charge on any atom is -0.198 e. The maximum Gasteiger partial charge on any atom is 0.0621 e. The molecule has 0 unspecified atom stereocenters. The molecule has 0 saturated carbocycles. The first-order valence-corrected chi connectivity index (χ1v) is 4.58. The summed E-state index contributed by atoms with van der Waals surface area (Å²) in [6.45, 7) is 3.79. The average molecular weight is 152 g/mol. The molecule has 0 fully saturated rings. The molecule has 0 heterocycles. The predicted molar refractivity (Wildman–Crippen MR) is 47.9 cm³/mol. The Hall–Kier alpha value is -0.510. The molecule has 0 aromatic heterocycles. The van der Waals surface area contributed by atoms with Gasteiger partial charge >= 0.3 is 0 Å². The van der Waals surface area contributed by atoms with E-state index in [1.165, 1.54) is 32.1 Å². The van der Waals surface area contributed by atoms with Crippen LogP contribution < -0.4 is 0 Å². The Morgan fingerprint density at radius 3 is 2.00 bits per heavy atom. The minimum atomic E-state index is 0.731. The fraction of sp³-hybridized carbons (Fsp3) is 0.800. The van der Waals surface area contributed by atoms with Gasteiger partial charge in [0.1, 0.15) is 0 Å². The molecule has 0 aromatic rings. The van der Waals surface area contributed by atoms with Crippen LogP contribution in [0.1, 0.15) is 51.4 Å². The Morgan fingerprint density at radius 1 is 0.909 bits per heavy atom. The highest BCUT2D eigenvalue weighted by atomic mass is 14.2. The van der Waals surface area contributed by atoms with Crippen molar-refractivity contribution in [2.45, 2.75) is 51.4 Å². The molecular formula is C10H18N. The summed E-state index contributed by atoms with van der Waals surface area (Å²) in [4.78, 5) is 0. The predicted octanol–water partition coefficient (Wildman–Crippen LogP) is 3.46. The second-order valence-electron chi connectivity index (χ2n) is 2.88. The fourth-order valence-corrected chi connectivity index (χ4v) is 1.09. The zero-order chi connectivity index (χ0) is 8.36. The average Bonchev–Trinajstić information content (AvgIpc) is 2.03. The maximum absolute atomic E-state index is 8.25. The van der Waals surface area contributed by atoms with Gasteiger partial charge in [0.15, 0.2) is 0 Å². The third-order valence-corrected chi connectivity index (χ3v) is 1.79. The van der Waals surface area contributed by atoms with E-state index in [1.807, 2.05) is 0 Å². The summed E-state index contributed by atoms with van der Waals surface area (Å²) in [7, 11) is 0. The number of nitrogens with zero attached hydrogens (tertiary/aromatic N) is 1. The summed E-state index contributed by atoms with van der Waals surface area (Å²) in [6, 6.07) is 2.16. The van der Waals surface area contributed by atoms with Crippen LogP contribution >= 0.6 is 0 Å². The van der Waals surface area contributed by atoms with Crippen LogP contribution in [0.15, 0.2) is 0 Å². The second kappa shape index (κ2) is 9.49. The Balaban J connectivity index is 2.75. The van der Waals surface area contributed by atoms with Crippen molar-refractivity contribution in [3.05, 3.63) is 6.92 Å². The lowest BCUT2D eigenvalue weighted by atomic mass is 10.1. The van der Waals surface area contributed by atoms with E-state index in [-0.39, 0.29) is 0 Å². The van der Waals surface area contributed by atoms with Crippen molar-refractivity contribution >= 4 is 0 Å². The number of unbranched alkanes of at least 4 members (excludes halogenated alkanes) is 7. The summed E-state index contributed by atoms with van der Waals surface area (Å²) in [5.41, 5.74) is 0. The van der Waals surface area contributed by atoms with E-state index in [4.69, 9.17) is 5.26 Å². The molecule has 0 N–H and O–H groups in total. The van der Waals surface area contributed by atoms with Crippen molar-refractivity contribution in [2.75, 3.05) is 0 Å². The van der Waals surface area contributed by atoms with Crippen LogP contribution in [0.2, 0.25) is 0 Å². The van der Waals surface area contributed by atoms with Gasteiger partial charge in [0, 0.05) is 6.42 Å². The standard InChI is InChI=1S/C10H18N/c1-2-3-4-5-6-7-8-9-10-11/h1-9H2. The normalized spacial score (nSPS) is 9.45. The lowest BCUT2D eigenvalue weighted by Crippen LogP contribution is -1.78. The highest BCUT2D eigenvalue weighted by molar-refractivity contribution is 4.67. The van der Waals surface area contributed by atoms with Crippen LogP contribution in [-0.4, -0.2) is 0 Å². The van der Waals surface area contributed by atoms with Crippen molar-refractivity contribution in [3.8, 4) is 6.07 Å². The fourth-order valence-electron chi connectivity index (χ4n) is 1.09. The molecule has 0 atom stereocenters. The number of hydrogen-bond donors (Lipinski definition) is 0. The lowest BCUT2D eigenvalue weighted by Gasteiger charge is -1.97. The quantitative estimate of drug-likeness (QED) is 0.512. The van der Waals surface area contributed by atoms with E-state index >= 15 is 0 Å². The summed E-state index contributed by atoms with van der Waals surface area (Å²) < 4.78 is 0. The van der Waals surface area contributed by atoms with Crippen LogP contribution in [0, 0.1) is 18.3 Å². The number of nitriles is 1. The minimum absolute atomic E-state index is 0.731. The van der Waals surface area contributed by atoms with Crippen molar-refractivity contribution in [3.63, 3.8) is 0 Å². The third-order valence-electron chi connectivity index (χ3n) is 1.79. The molecule has 63 valence electrons. The summed E-state index contributed by atoms with van der Waals surface area (Å²) >= 11 is 0. The molecular weight excluding hydrogens is 134 g/mol. The molecule has 0 saturated heterocycles. The van der Waals surface area contributed by atoms with Crippen LogP contribution in [0.25, 0.3) is 0 Å². The van der Waals surface area contributed by atoms with Gasteiger partial charge in [-0.3, -0.25) is 0 Å². The summed E-state index contributed by atoms with van der Waals surface area (Å²) in [6.07, 6.45) is 9.30. The van der Waals surface area contributed by atoms with E-state index < -0.39 is 0 Å². The van der Waals surface area contributed by atoms with E-state index in [1.54, 1.807) is 0 Å². The van der Waals surface area contributed by atoms with Crippen molar-refractivity contribution in [2.24, 2.45) is 0 Å². The lowest BCUT2D eigenvalue weighted by molar-refractivity contribution is 0.601. The molecule has 0 aliphatic carbocycles. The topological polar surface area (TPSA) is 23.8 Å². The molecule has 0 aliphatic rings. The van der Waals surface area contributed by atoms with Crippen molar-refractivity contribution < 1.29 is 0 Å². The molecule has 0 aliphatic heterocycles. The van der Waals surface area contributed by atoms with Crippen molar-refractivity contribution in [1.29, 1.82) is 5.26 Å². The van der Waals surface area contributed by atoms with Crippen LogP contribution in [0.4, 0.5) is 0 Å². The van der Waals surface area contributed by atoms with Gasteiger partial charge in [-0.15, -0.1) is 0 Å². The molecule has 0 amide bonds. The van der Waals surface area contributed by atoms with E-state index in [9.17, 15) is 0 Å². The van der Waals surface area contributed by atoms with E-state index in [0.29, 0.717) is 0 Å². The van der Waals surface area contributed by atoms with Gasteiger partial charge in [-0.25, -0.2) is 0 Å². The zero-order valence-corrected chi connectivity index (χ0v) is 7.31. The molecule has 1 radical (unpaired) electrons. The van der Waals surface area contributed by atoms with Gasteiger partial charge in [0.25, 0.3) is 0 Å². The van der Waals surface area contributed by atoms with E-state index in [0.717, 1.165) is 19.3 Å². The van der Waals surface area contributed by atoms with E-state index in [2.05, 4.69) is 13.0 Å². The number of hydrogen-bond acceptors (Lipinski definition) is 1. The summed E-state index contributed by atoms with van der Waals surface area (Å²) in [5.74, 6) is 0. The van der Waals surface area contributed by atoms with Crippen LogP contribution in [0.3, 0.4) is 0 Å². The van der Waals surface area contributed by atoms with Gasteiger partial charge in [-0.2, -0.15) is 5.26 Å². The summed E-state index contributed by atoms with van der Waals surface area (Å²) in [5, 5.41) is 8.25. The SMILES string of the molecule is [CH2]CCCCCCCCC#N. The molecule has 1 heteroatoms. The molecule has 11 heavy (non-hydrogen) atoms. The van der Waals surface area contributed by atoms with Gasteiger partial charge in [-0.05, 0) is 6.42 Å². The number of rotatable bonds is 7. The Kier molecular flexibility index (Phi) is 9.05. The van der Waals surface area contributed by atoms with Crippen molar-refractivity contribution in [1.82, 2.24) is 0 Å². The Morgan fingerprint density at radius 2 is 1.45 bits per heavy atom. The largest absolute Gasteiger partial charge is 0.198 e. The van der Waals surface area contributed by atoms with Crippen LogP contribution in [-0.2, 0) is 0 Å². The van der Waals surface area contributed by atoms with Gasteiger partial charge in [-0.1, -0.05) is 45.4 Å². The molecule has 0 rings (SSSR count). The smallest absolute Gasteiger partial charge is 0.0621 e. The maximum atomic E-state index is 8.25. The van der Waals surface area contributed by atoms with Gasteiger partial charge in [0.05, 0.1) is 6.07 Å². The zero-order valence-electron chi connectivity index (χ0n) is 7.31. The van der Waals surface area contributed by atoms with Gasteiger partial charge in [0.2, 0.25) is 0 Å². The molecule has 0 bridgehead atoms. The highest BCUT2D eigenvalue weighted by Crippen LogP contribution is 2.07. The monoisotopic (exact) mass is 152 g/mol. The molecule has 0 aromatic carbocycles.